The Labute approximate surface area is 164 Å². The van der Waals surface area contributed by atoms with E-state index in [2.05, 4.69) is 33.7 Å². The summed E-state index contributed by atoms with van der Waals surface area (Å²) in [6.07, 6.45) is 1.75. The zero-order valence-electron chi connectivity index (χ0n) is 16.9. The van der Waals surface area contributed by atoms with Crippen molar-refractivity contribution in [1.82, 2.24) is 24.5 Å². The van der Waals surface area contributed by atoms with Gasteiger partial charge in [-0.3, -0.25) is 4.57 Å². The summed E-state index contributed by atoms with van der Waals surface area (Å²) in [7, 11) is 3.89. The van der Waals surface area contributed by atoms with Crippen LogP contribution in [0.5, 0.6) is 0 Å². The average Bonchev–Trinajstić information content (AvgIpc) is 3.03. The standard InChI is InChI=1S/C20H27N7O/c1-13(2)17-22-18(25(3)4)24-19(23-17)26-11-9-14(10-12-26)27-16-8-6-5-7-15(16)21-20(27)28/h5-8,13-14H,9-12H2,1-4H3,(H,21,28). The molecule has 1 aliphatic heterocycles. The number of imidazole rings is 1. The molecule has 0 aliphatic carbocycles. The van der Waals surface area contributed by atoms with Gasteiger partial charge >= 0.3 is 5.69 Å². The van der Waals surface area contributed by atoms with Crippen LogP contribution in [0.2, 0.25) is 0 Å². The highest BCUT2D eigenvalue weighted by molar-refractivity contribution is 5.75. The maximum atomic E-state index is 12.5. The molecular formula is C20H27N7O. The number of aromatic nitrogens is 5. The summed E-state index contributed by atoms with van der Waals surface area (Å²) < 4.78 is 1.91. The number of aromatic amines is 1. The molecule has 8 nitrogen and oxygen atoms in total. The summed E-state index contributed by atoms with van der Waals surface area (Å²) in [4.78, 5) is 33.5. The maximum Gasteiger partial charge on any atom is 0.326 e. The lowest BCUT2D eigenvalue weighted by molar-refractivity contribution is 0.393. The highest BCUT2D eigenvalue weighted by Gasteiger charge is 2.26. The van der Waals surface area contributed by atoms with Crippen molar-refractivity contribution in [3.8, 4) is 0 Å². The number of hydrogen-bond acceptors (Lipinski definition) is 6. The van der Waals surface area contributed by atoms with Gasteiger partial charge in [0, 0.05) is 39.1 Å². The molecule has 1 saturated heterocycles. The zero-order chi connectivity index (χ0) is 19.8. The molecular weight excluding hydrogens is 354 g/mol. The number of piperidine rings is 1. The first-order valence-electron chi connectivity index (χ1n) is 9.81. The second kappa shape index (κ2) is 7.26. The molecule has 0 bridgehead atoms. The van der Waals surface area contributed by atoms with Crippen molar-refractivity contribution in [3.63, 3.8) is 0 Å². The lowest BCUT2D eigenvalue weighted by Crippen LogP contribution is -2.38. The lowest BCUT2D eigenvalue weighted by Gasteiger charge is -2.33. The van der Waals surface area contributed by atoms with Gasteiger partial charge in [0.05, 0.1) is 11.0 Å². The number of nitrogens with one attached hydrogen (secondary N) is 1. The highest BCUT2D eigenvalue weighted by Crippen LogP contribution is 2.27. The highest BCUT2D eigenvalue weighted by atomic mass is 16.1. The minimum Gasteiger partial charge on any atom is -0.347 e. The molecule has 148 valence electrons. The number of rotatable bonds is 4. The zero-order valence-corrected chi connectivity index (χ0v) is 16.9. The van der Waals surface area contributed by atoms with Gasteiger partial charge in [0.25, 0.3) is 0 Å². The Kier molecular flexibility index (Phi) is 4.78. The van der Waals surface area contributed by atoms with Crippen molar-refractivity contribution < 1.29 is 0 Å². The van der Waals surface area contributed by atoms with Crippen LogP contribution >= 0.6 is 0 Å². The molecule has 28 heavy (non-hydrogen) atoms. The number of anilines is 2. The van der Waals surface area contributed by atoms with Crippen LogP contribution in [0.15, 0.2) is 29.1 Å². The van der Waals surface area contributed by atoms with Crippen molar-refractivity contribution in [2.24, 2.45) is 0 Å². The Balaban J connectivity index is 1.57. The fourth-order valence-corrected chi connectivity index (χ4v) is 3.73. The van der Waals surface area contributed by atoms with Crippen LogP contribution < -0.4 is 15.5 Å². The molecule has 3 heterocycles. The number of fused-ring (bicyclic) bond motifs is 1. The fraction of sp³-hybridized carbons (Fsp3) is 0.500. The predicted octanol–water partition coefficient (Wildman–Crippen LogP) is 2.55. The SMILES string of the molecule is CC(C)c1nc(N(C)C)nc(N2CCC(n3c(=O)[nH]c4ccccc43)CC2)n1. The van der Waals surface area contributed by atoms with Crippen molar-refractivity contribution in [3.05, 3.63) is 40.6 Å². The fourth-order valence-electron chi connectivity index (χ4n) is 3.73. The van der Waals surface area contributed by atoms with Crippen LogP contribution in [0.3, 0.4) is 0 Å². The van der Waals surface area contributed by atoms with Gasteiger partial charge in [-0.05, 0) is 25.0 Å². The second-order valence-electron chi connectivity index (χ2n) is 7.88. The van der Waals surface area contributed by atoms with E-state index in [-0.39, 0.29) is 17.6 Å². The summed E-state index contributed by atoms with van der Waals surface area (Å²) in [6, 6.07) is 8.05. The first kappa shape index (κ1) is 18.5. The number of para-hydroxylation sites is 2. The van der Waals surface area contributed by atoms with Crippen molar-refractivity contribution in [2.45, 2.75) is 38.6 Å². The van der Waals surface area contributed by atoms with E-state index in [0.29, 0.717) is 5.95 Å². The minimum atomic E-state index is -0.0307. The number of nitrogens with zero attached hydrogens (tertiary/aromatic N) is 6. The van der Waals surface area contributed by atoms with Crippen LogP contribution in [0, 0.1) is 0 Å². The van der Waals surface area contributed by atoms with Gasteiger partial charge < -0.3 is 14.8 Å². The van der Waals surface area contributed by atoms with Gasteiger partial charge in [0.15, 0.2) is 0 Å². The molecule has 3 aromatic rings. The predicted molar refractivity (Wildman–Crippen MR) is 111 cm³/mol. The van der Waals surface area contributed by atoms with E-state index in [9.17, 15) is 4.79 Å². The van der Waals surface area contributed by atoms with Gasteiger partial charge in [0.1, 0.15) is 5.82 Å². The molecule has 8 heteroatoms. The molecule has 0 spiro atoms. The van der Waals surface area contributed by atoms with E-state index >= 15 is 0 Å². The molecule has 0 amide bonds. The third-order valence-electron chi connectivity index (χ3n) is 5.28. The van der Waals surface area contributed by atoms with Crippen molar-refractivity contribution >= 4 is 22.9 Å². The quantitative estimate of drug-likeness (QED) is 0.748. The summed E-state index contributed by atoms with van der Waals surface area (Å²) in [6.45, 7) is 5.80. The lowest BCUT2D eigenvalue weighted by atomic mass is 10.0. The summed E-state index contributed by atoms with van der Waals surface area (Å²) in [5.41, 5.74) is 1.84. The van der Waals surface area contributed by atoms with Gasteiger partial charge in [-0.25, -0.2) is 4.79 Å². The van der Waals surface area contributed by atoms with Crippen LogP contribution in [0.25, 0.3) is 11.0 Å². The first-order valence-corrected chi connectivity index (χ1v) is 9.81. The molecule has 4 rings (SSSR count). The summed E-state index contributed by atoms with van der Waals surface area (Å²) in [5, 5.41) is 0. The molecule has 1 aromatic carbocycles. The van der Waals surface area contributed by atoms with E-state index in [4.69, 9.17) is 4.98 Å². The van der Waals surface area contributed by atoms with Gasteiger partial charge in [-0.15, -0.1) is 0 Å². The molecule has 1 fully saturated rings. The Bertz CT molecular complexity index is 1000. The Morgan fingerprint density at radius 1 is 1.11 bits per heavy atom. The Hall–Kier alpha value is -2.90. The largest absolute Gasteiger partial charge is 0.347 e. The van der Waals surface area contributed by atoms with Crippen LogP contribution in [-0.4, -0.2) is 51.7 Å². The van der Waals surface area contributed by atoms with Crippen molar-refractivity contribution in [2.75, 3.05) is 37.0 Å². The maximum absolute atomic E-state index is 12.5. The van der Waals surface area contributed by atoms with E-state index in [1.54, 1.807) is 0 Å². The molecule has 0 atom stereocenters. The second-order valence-corrected chi connectivity index (χ2v) is 7.88. The number of benzene rings is 1. The summed E-state index contributed by atoms with van der Waals surface area (Å²) in [5.74, 6) is 2.46. The monoisotopic (exact) mass is 381 g/mol. The van der Waals surface area contributed by atoms with Gasteiger partial charge in [-0.2, -0.15) is 15.0 Å². The van der Waals surface area contributed by atoms with E-state index < -0.39 is 0 Å². The topological polar surface area (TPSA) is 82.9 Å². The third kappa shape index (κ3) is 3.34. The number of H-pyrrole nitrogens is 1. The van der Waals surface area contributed by atoms with Crippen LogP contribution in [0.4, 0.5) is 11.9 Å². The molecule has 0 saturated carbocycles. The van der Waals surface area contributed by atoms with E-state index in [1.807, 2.05) is 47.8 Å². The molecule has 0 radical (unpaired) electrons. The van der Waals surface area contributed by atoms with Gasteiger partial charge in [-0.1, -0.05) is 26.0 Å². The molecule has 1 N–H and O–H groups in total. The molecule has 2 aromatic heterocycles. The normalized spacial score (nSPS) is 15.5. The first-order chi connectivity index (χ1) is 13.4. The van der Waals surface area contributed by atoms with Gasteiger partial charge in [0.2, 0.25) is 11.9 Å². The van der Waals surface area contributed by atoms with Crippen molar-refractivity contribution in [1.29, 1.82) is 0 Å². The van der Waals surface area contributed by atoms with Crippen LogP contribution in [0.1, 0.15) is 44.5 Å². The van der Waals surface area contributed by atoms with Crippen LogP contribution in [-0.2, 0) is 0 Å². The average molecular weight is 381 g/mol. The third-order valence-corrected chi connectivity index (χ3v) is 5.28. The van der Waals surface area contributed by atoms with E-state index in [0.717, 1.165) is 48.7 Å². The smallest absolute Gasteiger partial charge is 0.326 e. The minimum absolute atomic E-state index is 0.0307. The van der Waals surface area contributed by atoms with E-state index in [1.165, 1.54) is 0 Å². The Morgan fingerprint density at radius 2 is 1.82 bits per heavy atom. The Morgan fingerprint density at radius 3 is 2.50 bits per heavy atom. The number of hydrogen-bond donors (Lipinski definition) is 1. The molecule has 1 aliphatic rings. The molecule has 0 unspecified atom stereocenters. The summed E-state index contributed by atoms with van der Waals surface area (Å²) >= 11 is 0.